The van der Waals surface area contributed by atoms with Gasteiger partial charge in [-0.1, -0.05) is 12.8 Å². The molecule has 3 N–H and O–H groups in total. The van der Waals surface area contributed by atoms with Gasteiger partial charge in [-0.15, -0.1) is 0 Å². The smallest absolute Gasteiger partial charge is 0.103 e. The molecule has 0 bridgehead atoms. The predicted molar refractivity (Wildman–Crippen MR) is 36.4 cm³/mol. The van der Waals surface area contributed by atoms with Crippen molar-refractivity contribution in [2.75, 3.05) is 6.61 Å². The van der Waals surface area contributed by atoms with Crippen LogP contribution in [0.4, 0.5) is 0 Å². The minimum Gasteiger partial charge on any atom is -0.394 e. The highest BCUT2D eigenvalue weighted by molar-refractivity contribution is 4.79. The molecular formula is C7H14O3. The van der Waals surface area contributed by atoms with E-state index in [9.17, 15) is 0 Å². The van der Waals surface area contributed by atoms with Crippen LogP contribution in [0.1, 0.15) is 19.3 Å². The summed E-state index contributed by atoms with van der Waals surface area (Å²) in [7, 11) is 0. The summed E-state index contributed by atoms with van der Waals surface area (Å²) < 4.78 is 0. The van der Waals surface area contributed by atoms with E-state index in [2.05, 4.69) is 0 Å². The highest BCUT2D eigenvalue weighted by atomic mass is 16.4. The van der Waals surface area contributed by atoms with Crippen molar-refractivity contribution in [2.45, 2.75) is 31.5 Å². The lowest BCUT2D eigenvalue weighted by Gasteiger charge is -2.14. The quantitative estimate of drug-likeness (QED) is 0.501. The Morgan fingerprint density at radius 1 is 1.20 bits per heavy atom. The van der Waals surface area contributed by atoms with Crippen LogP contribution in [-0.4, -0.2) is 34.1 Å². The third-order valence-corrected chi connectivity index (χ3v) is 1.90. The molecule has 3 nitrogen and oxygen atoms in total. The lowest BCUT2D eigenvalue weighted by Crippen LogP contribution is -2.29. The van der Waals surface area contributed by atoms with Gasteiger partial charge >= 0.3 is 0 Å². The van der Waals surface area contributed by atoms with Gasteiger partial charge in [0.05, 0.1) is 12.7 Å². The lowest BCUT2D eigenvalue weighted by atomic mass is 10.1. The molecule has 0 radical (unpaired) electrons. The molecule has 0 saturated heterocycles. The second kappa shape index (κ2) is 3.32. The number of aliphatic hydroxyl groups excluding tert-OH is 3. The van der Waals surface area contributed by atoms with Gasteiger partial charge in [0.1, 0.15) is 6.10 Å². The molecule has 1 fully saturated rings. The lowest BCUT2D eigenvalue weighted by molar-refractivity contribution is -0.0199. The van der Waals surface area contributed by atoms with E-state index in [4.69, 9.17) is 15.3 Å². The SMILES string of the molecule is OCC(O)[C@H](O)CC1CC1. The molecule has 1 rings (SSSR count). The fourth-order valence-electron chi connectivity index (χ4n) is 0.974. The Bertz CT molecular complexity index is 101. The van der Waals surface area contributed by atoms with Crippen molar-refractivity contribution < 1.29 is 15.3 Å². The fourth-order valence-corrected chi connectivity index (χ4v) is 0.974. The van der Waals surface area contributed by atoms with E-state index in [1.807, 2.05) is 0 Å². The molecule has 1 unspecified atom stereocenters. The number of hydrogen-bond acceptors (Lipinski definition) is 3. The summed E-state index contributed by atoms with van der Waals surface area (Å²) in [5.41, 5.74) is 0. The average molecular weight is 146 g/mol. The van der Waals surface area contributed by atoms with Gasteiger partial charge in [0, 0.05) is 0 Å². The molecule has 0 aromatic carbocycles. The third-order valence-electron chi connectivity index (χ3n) is 1.90. The average Bonchev–Trinajstić information content (AvgIpc) is 2.70. The van der Waals surface area contributed by atoms with Gasteiger partial charge < -0.3 is 15.3 Å². The molecule has 0 spiro atoms. The fraction of sp³-hybridized carbons (Fsp3) is 1.00. The van der Waals surface area contributed by atoms with Gasteiger partial charge in [-0.2, -0.15) is 0 Å². The van der Waals surface area contributed by atoms with Gasteiger partial charge in [0.2, 0.25) is 0 Å². The van der Waals surface area contributed by atoms with Crippen molar-refractivity contribution in [1.82, 2.24) is 0 Å². The maximum Gasteiger partial charge on any atom is 0.103 e. The number of hydrogen-bond donors (Lipinski definition) is 3. The Hall–Kier alpha value is -0.120. The Morgan fingerprint density at radius 2 is 1.80 bits per heavy atom. The second-order valence-electron chi connectivity index (χ2n) is 3.00. The zero-order chi connectivity index (χ0) is 7.56. The van der Waals surface area contributed by atoms with E-state index in [-0.39, 0.29) is 6.61 Å². The van der Waals surface area contributed by atoms with E-state index >= 15 is 0 Å². The van der Waals surface area contributed by atoms with Crippen LogP contribution in [0.15, 0.2) is 0 Å². The second-order valence-corrected chi connectivity index (χ2v) is 3.00. The van der Waals surface area contributed by atoms with Crippen molar-refractivity contribution >= 4 is 0 Å². The van der Waals surface area contributed by atoms with Gasteiger partial charge in [0.15, 0.2) is 0 Å². The van der Waals surface area contributed by atoms with Crippen LogP contribution in [0.3, 0.4) is 0 Å². The highest BCUT2D eigenvalue weighted by Gasteiger charge is 2.27. The summed E-state index contributed by atoms with van der Waals surface area (Å²) in [6.07, 6.45) is 1.30. The number of rotatable bonds is 4. The van der Waals surface area contributed by atoms with Crippen molar-refractivity contribution in [1.29, 1.82) is 0 Å². The molecule has 0 aromatic heterocycles. The molecule has 0 amide bonds. The first-order valence-corrected chi connectivity index (χ1v) is 3.71. The minimum atomic E-state index is -0.944. The van der Waals surface area contributed by atoms with Crippen LogP contribution in [-0.2, 0) is 0 Å². The summed E-state index contributed by atoms with van der Waals surface area (Å²) in [6.45, 7) is -0.339. The van der Waals surface area contributed by atoms with Crippen LogP contribution in [0.5, 0.6) is 0 Å². The standard InChI is InChI=1S/C7H14O3/c8-4-7(10)6(9)3-5-1-2-5/h5-10H,1-4H2/t6-,7?/m1/s1. The van der Waals surface area contributed by atoms with E-state index in [0.717, 1.165) is 12.8 Å². The normalized spacial score (nSPS) is 24.3. The summed E-state index contributed by atoms with van der Waals surface area (Å²) >= 11 is 0. The zero-order valence-corrected chi connectivity index (χ0v) is 5.90. The van der Waals surface area contributed by atoms with Gasteiger partial charge in [0.25, 0.3) is 0 Å². The number of aliphatic hydroxyl groups is 3. The van der Waals surface area contributed by atoms with Crippen molar-refractivity contribution in [2.24, 2.45) is 5.92 Å². The maximum atomic E-state index is 9.12. The first-order valence-electron chi connectivity index (χ1n) is 3.71. The molecule has 60 valence electrons. The van der Waals surface area contributed by atoms with Crippen LogP contribution in [0, 0.1) is 5.92 Å². The Labute approximate surface area is 60.3 Å². The van der Waals surface area contributed by atoms with Crippen LogP contribution in [0.2, 0.25) is 0 Å². The molecule has 1 aliphatic rings. The van der Waals surface area contributed by atoms with E-state index in [1.54, 1.807) is 0 Å². The van der Waals surface area contributed by atoms with Crippen LogP contribution < -0.4 is 0 Å². The predicted octanol–water partition coefficient (Wildman–Crippen LogP) is -0.499. The molecule has 2 atom stereocenters. The first kappa shape index (κ1) is 7.98. The molecule has 0 heterocycles. The molecule has 3 heteroatoms. The minimum absolute atomic E-state index is 0.339. The monoisotopic (exact) mass is 146 g/mol. The van der Waals surface area contributed by atoms with E-state index in [0.29, 0.717) is 12.3 Å². The first-order chi connectivity index (χ1) is 4.74. The molecule has 0 aliphatic heterocycles. The van der Waals surface area contributed by atoms with Crippen LogP contribution in [0.25, 0.3) is 0 Å². The Balaban J connectivity index is 2.11. The van der Waals surface area contributed by atoms with Gasteiger partial charge in [-0.05, 0) is 12.3 Å². The van der Waals surface area contributed by atoms with Crippen molar-refractivity contribution in [3.8, 4) is 0 Å². The Kier molecular flexibility index (Phi) is 2.65. The Morgan fingerprint density at radius 3 is 2.20 bits per heavy atom. The largest absolute Gasteiger partial charge is 0.394 e. The molecule has 1 saturated carbocycles. The van der Waals surface area contributed by atoms with E-state index < -0.39 is 12.2 Å². The topological polar surface area (TPSA) is 60.7 Å². The molecule has 0 aromatic rings. The maximum absolute atomic E-state index is 9.12. The summed E-state index contributed by atoms with van der Waals surface area (Å²) in [5, 5.41) is 26.4. The summed E-state index contributed by atoms with van der Waals surface area (Å²) in [5.74, 6) is 0.594. The van der Waals surface area contributed by atoms with Gasteiger partial charge in [-0.25, -0.2) is 0 Å². The summed E-state index contributed by atoms with van der Waals surface area (Å²) in [4.78, 5) is 0. The highest BCUT2D eigenvalue weighted by Crippen LogP contribution is 2.33. The summed E-state index contributed by atoms with van der Waals surface area (Å²) in [6, 6.07) is 0. The third kappa shape index (κ3) is 2.25. The van der Waals surface area contributed by atoms with Crippen molar-refractivity contribution in [3.63, 3.8) is 0 Å². The molecular weight excluding hydrogens is 132 g/mol. The van der Waals surface area contributed by atoms with Gasteiger partial charge in [-0.3, -0.25) is 0 Å². The van der Waals surface area contributed by atoms with Crippen LogP contribution >= 0.6 is 0 Å². The molecule has 10 heavy (non-hydrogen) atoms. The van der Waals surface area contributed by atoms with Crippen molar-refractivity contribution in [3.05, 3.63) is 0 Å². The van der Waals surface area contributed by atoms with E-state index in [1.165, 1.54) is 0 Å². The molecule has 1 aliphatic carbocycles. The zero-order valence-electron chi connectivity index (χ0n) is 5.90.